The highest BCUT2D eigenvalue weighted by atomic mass is 16.5. The molecule has 2 heterocycles. The molecule has 0 bridgehead atoms. The first-order valence-corrected chi connectivity index (χ1v) is 10.6. The zero-order chi connectivity index (χ0) is 21.6. The summed E-state index contributed by atoms with van der Waals surface area (Å²) in [7, 11) is 0. The van der Waals surface area contributed by atoms with Crippen molar-refractivity contribution in [1.29, 1.82) is 0 Å². The number of carbonyl (C=O) groups excluding carboxylic acids is 1. The third-order valence-electron chi connectivity index (χ3n) is 5.23. The van der Waals surface area contributed by atoms with E-state index < -0.39 is 0 Å². The minimum Gasteiger partial charge on any atom is -0.493 e. The number of ether oxygens (including phenoxy) is 1. The molecule has 4 aromatic rings. The Bertz CT molecular complexity index is 1160. The summed E-state index contributed by atoms with van der Waals surface area (Å²) in [4.78, 5) is 16.9. The largest absolute Gasteiger partial charge is 0.493 e. The molecule has 0 saturated heterocycles. The van der Waals surface area contributed by atoms with E-state index in [1.807, 2.05) is 24.3 Å². The Morgan fingerprint density at radius 3 is 2.81 bits per heavy atom. The van der Waals surface area contributed by atoms with E-state index in [0.29, 0.717) is 25.3 Å². The van der Waals surface area contributed by atoms with Gasteiger partial charge in [0, 0.05) is 19.5 Å². The number of aromatic nitrogens is 2. The number of para-hydroxylation sites is 2. The summed E-state index contributed by atoms with van der Waals surface area (Å²) in [6.07, 6.45) is 2.99. The highest BCUT2D eigenvalue weighted by Crippen LogP contribution is 2.20. The smallest absolute Gasteiger partial charge is 0.286 e. The number of benzene rings is 2. The quantitative estimate of drug-likeness (QED) is 0.401. The Morgan fingerprint density at radius 2 is 2.00 bits per heavy atom. The molecule has 0 aliphatic carbocycles. The number of nitrogens with one attached hydrogen (secondary N) is 1. The summed E-state index contributed by atoms with van der Waals surface area (Å²) >= 11 is 0. The lowest BCUT2D eigenvalue weighted by Gasteiger charge is -2.12. The third-order valence-corrected chi connectivity index (χ3v) is 5.23. The Labute approximate surface area is 181 Å². The zero-order valence-corrected chi connectivity index (χ0v) is 17.9. The van der Waals surface area contributed by atoms with Crippen molar-refractivity contribution in [1.82, 2.24) is 14.9 Å². The van der Waals surface area contributed by atoms with Crippen LogP contribution >= 0.6 is 0 Å². The number of nitrogens with zero attached hydrogens (tertiary/aromatic N) is 2. The van der Waals surface area contributed by atoms with Gasteiger partial charge >= 0.3 is 0 Å². The van der Waals surface area contributed by atoms with E-state index in [9.17, 15) is 4.79 Å². The van der Waals surface area contributed by atoms with Crippen molar-refractivity contribution in [3.8, 4) is 5.75 Å². The first-order valence-electron chi connectivity index (χ1n) is 10.6. The molecule has 0 aliphatic heterocycles. The predicted octanol–water partition coefficient (Wildman–Crippen LogP) is 4.69. The molecule has 160 valence electrons. The molecule has 31 heavy (non-hydrogen) atoms. The third kappa shape index (κ3) is 4.97. The van der Waals surface area contributed by atoms with Crippen LogP contribution in [-0.2, 0) is 13.0 Å². The minimum atomic E-state index is -0.213. The summed E-state index contributed by atoms with van der Waals surface area (Å²) in [5.41, 5.74) is 4.45. The second-order valence-electron chi connectivity index (χ2n) is 7.62. The first kappa shape index (κ1) is 20.7. The molecule has 0 fully saturated rings. The second-order valence-corrected chi connectivity index (χ2v) is 7.62. The Kier molecular flexibility index (Phi) is 6.36. The summed E-state index contributed by atoms with van der Waals surface area (Å²) in [6, 6.07) is 17.7. The number of furan rings is 1. The molecule has 0 unspecified atom stereocenters. The number of hydrogen-bond acceptors (Lipinski definition) is 4. The molecule has 4 rings (SSSR count). The maximum atomic E-state index is 12.1. The molecule has 6 nitrogen and oxygen atoms in total. The van der Waals surface area contributed by atoms with Crippen molar-refractivity contribution in [3.05, 3.63) is 83.6 Å². The van der Waals surface area contributed by atoms with Crippen LogP contribution in [0.1, 0.15) is 33.9 Å². The molecule has 1 N–H and O–H groups in total. The van der Waals surface area contributed by atoms with Gasteiger partial charge < -0.3 is 19.0 Å². The van der Waals surface area contributed by atoms with Gasteiger partial charge in [-0.15, -0.1) is 0 Å². The fourth-order valence-electron chi connectivity index (χ4n) is 3.71. The Morgan fingerprint density at radius 1 is 1.13 bits per heavy atom. The van der Waals surface area contributed by atoms with E-state index in [-0.39, 0.29) is 5.91 Å². The molecule has 0 saturated carbocycles. The van der Waals surface area contributed by atoms with Crippen LogP contribution in [0.15, 0.2) is 65.3 Å². The lowest BCUT2D eigenvalue weighted by atomic mass is 10.1. The molecule has 0 spiro atoms. The van der Waals surface area contributed by atoms with Crippen molar-refractivity contribution in [2.24, 2.45) is 0 Å². The summed E-state index contributed by atoms with van der Waals surface area (Å²) < 4.78 is 13.4. The van der Waals surface area contributed by atoms with Crippen molar-refractivity contribution in [3.63, 3.8) is 0 Å². The topological polar surface area (TPSA) is 69.3 Å². The first-order chi connectivity index (χ1) is 15.1. The molecule has 0 radical (unpaired) electrons. The van der Waals surface area contributed by atoms with Crippen molar-refractivity contribution >= 4 is 16.9 Å². The number of imidazole rings is 1. The van der Waals surface area contributed by atoms with Crippen LogP contribution < -0.4 is 10.1 Å². The minimum absolute atomic E-state index is 0.213. The van der Waals surface area contributed by atoms with Gasteiger partial charge in [0.05, 0.1) is 23.9 Å². The van der Waals surface area contributed by atoms with Gasteiger partial charge in [-0.1, -0.05) is 29.8 Å². The van der Waals surface area contributed by atoms with Crippen LogP contribution in [-0.4, -0.2) is 28.6 Å². The lowest BCUT2D eigenvalue weighted by Crippen LogP contribution is -2.26. The number of hydrogen-bond donors (Lipinski definition) is 1. The number of aryl methyl sites for hydroxylation is 3. The van der Waals surface area contributed by atoms with Gasteiger partial charge in [-0.05, 0) is 56.2 Å². The molecule has 2 aromatic heterocycles. The second kappa shape index (κ2) is 9.51. The van der Waals surface area contributed by atoms with Gasteiger partial charge in [-0.2, -0.15) is 0 Å². The van der Waals surface area contributed by atoms with E-state index >= 15 is 0 Å². The fourth-order valence-corrected chi connectivity index (χ4v) is 3.71. The molecule has 2 aromatic carbocycles. The normalized spacial score (nSPS) is 11.0. The Balaban J connectivity index is 1.38. The van der Waals surface area contributed by atoms with Gasteiger partial charge in [-0.3, -0.25) is 4.79 Å². The molecular weight excluding hydrogens is 390 g/mol. The average Bonchev–Trinajstić information content (AvgIpc) is 3.41. The summed E-state index contributed by atoms with van der Waals surface area (Å²) in [6.45, 7) is 6.07. The number of rotatable bonds is 9. The van der Waals surface area contributed by atoms with Crippen LogP contribution in [0.25, 0.3) is 11.0 Å². The van der Waals surface area contributed by atoms with Crippen LogP contribution in [0, 0.1) is 13.8 Å². The number of carbonyl (C=O) groups is 1. The van der Waals surface area contributed by atoms with Crippen molar-refractivity contribution in [2.75, 3.05) is 13.2 Å². The Hall–Kier alpha value is -3.54. The van der Waals surface area contributed by atoms with Crippen LogP contribution in [0.2, 0.25) is 0 Å². The van der Waals surface area contributed by atoms with Gasteiger partial charge in [0.15, 0.2) is 5.76 Å². The van der Waals surface area contributed by atoms with Gasteiger partial charge in [0.25, 0.3) is 5.91 Å². The van der Waals surface area contributed by atoms with Crippen LogP contribution in [0.3, 0.4) is 0 Å². The standard InChI is InChI=1S/C25H27N3O3/c1-18-10-11-22(19(2)17-18)30-16-6-14-28-21-8-4-3-7-20(21)27-24(28)12-13-26-25(29)23-9-5-15-31-23/h3-5,7-11,15,17H,6,12-14,16H2,1-2H3,(H,26,29). The average molecular weight is 418 g/mol. The summed E-state index contributed by atoms with van der Waals surface area (Å²) in [5.74, 6) is 1.99. The highest BCUT2D eigenvalue weighted by Gasteiger charge is 2.12. The van der Waals surface area contributed by atoms with E-state index in [0.717, 1.165) is 41.1 Å². The van der Waals surface area contributed by atoms with E-state index in [1.54, 1.807) is 12.1 Å². The SMILES string of the molecule is Cc1ccc(OCCCn2c(CCNC(=O)c3ccco3)nc3ccccc32)c(C)c1. The predicted molar refractivity (Wildman–Crippen MR) is 121 cm³/mol. The summed E-state index contributed by atoms with van der Waals surface area (Å²) in [5, 5.41) is 2.89. The number of fused-ring (bicyclic) bond motifs is 1. The van der Waals surface area contributed by atoms with E-state index in [1.165, 1.54) is 11.8 Å². The van der Waals surface area contributed by atoms with Crippen LogP contribution in [0.4, 0.5) is 0 Å². The van der Waals surface area contributed by atoms with E-state index in [4.69, 9.17) is 14.1 Å². The molecule has 1 amide bonds. The maximum Gasteiger partial charge on any atom is 0.286 e. The lowest BCUT2D eigenvalue weighted by molar-refractivity contribution is 0.0926. The van der Waals surface area contributed by atoms with E-state index in [2.05, 4.69) is 41.9 Å². The molecule has 6 heteroatoms. The fraction of sp³-hybridized carbons (Fsp3) is 0.280. The van der Waals surface area contributed by atoms with Crippen LogP contribution in [0.5, 0.6) is 5.75 Å². The monoisotopic (exact) mass is 417 g/mol. The van der Waals surface area contributed by atoms with Gasteiger partial charge in [-0.25, -0.2) is 4.98 Å². The molecule has 0 aliphatic rings. The van der Waals surface area contributed by atoms with Crippen molar-refractivity contribution < 1.29 is 13.9 Å². The molecular formula is C25H27N3O3. The molecule has 0 atom stereocenters. The zero-order valence-electron chi connectivity index (χ0n) is 17.9. The highest BCUT2D eigenvalue weighted by molar-refractivity contribution is 5.91. The van der Waals surface area contributed by atoms with Crippen molar-refractivity contribution in [2.45, 2.75) is 33.2 Å². The number of amides is 1. The van der Waals surface area contributed by atoms with Gasteiger partial charge in [0.1, 0.15) is 11.6 Å². The maximum absolute atomic E-state index is 12.1. The van der Waals surface area contributed by atoms with Gasteiger partial charge in [0.2, 0.25) is 0 Å².